The summed E-state index contributed by atoms with van der Waals surface area (Å²) < 4.78 is 11.6. The Morgan fingerprint density at radius 1 is 1.45 bits per heavy atom. The second kappa shape index (κ2) is 7.64. The average Bonchev–Trinajstić information content (AvgIpc) is 3.26. The molecule has 1 amide bonds. The first kappa shape index (κ1) is 15.3. The van der Waals surface area contributed by atoms with Gasteiger partial charge in [0, 0.05) is 24.2 Å². The topological polar surface area (TPSA) is 47.6 Å². The third kappa shape index (κ3) is 4.80. The molecule has 20 heavy (non-hydrogen) atoms. The minimum atomic E-state index is -0.114. The van der Waals surface area contributed by atoms with Crippen molar-refractivity contribution >= 4 is 21.8 Å². The van der Waals surface area contributed by atoms with Crippen molar-refractivity contribution in [1.29, 1.82) is 0 Å². The molecule has 1 aliphatic carbocycles. The molecule has 0 heterocycles. The van der Waals surface area contributed by atoms with Gasteiger partial charge in [-0.3, -0.25) is 4.79 Å². The third-order valence-electron chi connectivity index (χ3n) is 3.21. The van der Waals surface area contributed by atoms with Crippen molar-refractivity contribution in [3.05, 3.63) is 28.2 Å². The second-order valence-corrected chi connectivity index (χ2v) is 5.89. The molecule has 1 N–H and O–H groups in total. The molecule has 1 aromatic rings. The van der Waals surface area contributed by atoms with E-state index in [1.807, 2.05) is 6.07 Å². The number of ether oxygens (including phenoxy) is 2. The van der Waals surface area contributed by atoms with E-state index in [0.29, 0.717) is 24.5 Å². The minimum absolute atomic E-state index is 0.114. The predicted molar refractivity (Wildman–Crippen MR) is 81.2 cm³/mol. The molecule has 1 aliphatic rings. The van der Waals surface area contributed by atoms with Crippen LogP contribution in [-0.4, -0.2) is 32.8 Å². The maximum atomic E-state index is 12.0. The van der Waals surface area contributed by atoms with E-state index in [-0.39, 0.29) is 5.91 Å². The Morgan fingerprint density at radius 3 is 2.95 bits per heavy atom. The summed E-state index contributed by atoms with van der Waals surface area (Å²) in [5, 5.41) is 2.88. The lowest BCUT2D eigenvalue weighted by atomic mass is 10.2. The molecule has 0 spiro atoms. The lowest BCUT2D eigenvalue weighted by Crippen LogP contribution is -2.25. The molecule has 4 nitrogen and oxygen atoms in total. The van der Waals surface area contributed by atoms with Crippen LogP contribution in [0.25, 0.3) is 0 Å². The number of carbonyl (C=O) groups excluding carboxylic acids is 1. The van der Waals surface area contributed by atoms with Crippen LogP contribution in [-0.2, 0) is 4.74 Å². The van der Waals surface area contributed by atoms with Crippen molar-refractivity contribution in [2.75, 3.05) is 26.9 Å². The van der Waals surface area contributed by atoms with E-state index in [0.717, 1.165) is 23.4 Å². The molecule has 1 fully saturated rings. The summed E-state index contributed by atoms with van der Waals surface area (Å²) in [7, 11) is 1.56. The lowest BCUT2D eigenvalue weighted by Gasteiger charge is -2.10. The smallest absolute Gasteiger partial charge is 0.255 e. The van der Waals surface area contributed by atoms with Crippen LogP contribution >= 0.6 is 15.9 Å². The van der Waals surface area contributed by atoms with Crippen molar-refractivity contribution < 1.29 is 14.3 Å². The molecule has 0 radical (unpaired) electrons. The Hall–Kier alpha value is -1.07. The molecule has 1 aromatic carbocycles. The number of hydrogen-bond acceptors (Lipinski definition) is 3. The number of rotatable bonds is 8. The van der Waals surface area contributed by atoms with E-state index in [1.165, 1.54) is 12.8 Å². The van der Waals surface area contributed by atoms with Gasteiger partial charge < -0.3 is 14.8 Å². The van der Waals surface area contributed by atoms with E-state index < -0.39 is 0 Å². The van der Waals surface area contributed by atoms with Crippen LogP contribution in [0.5, 0.6) is 5.75 Å². The van der Waals surface area contributed by atoms with Crippen LogP contribution in [0, 0.1) is 5.92 Å². The van der Waals surface area contributed by atoms with Crippen molar-refractivity contribution in [3.63, 3.8) is 0 Å². The molecule has 0 saturated heterocycles. The van der Waals surface area contributed by atoms with E-state index in [4.69, 9.17) is 9.47 Å². The average molecular weight is 342 g/mol. The van der Waals surface area contributed by atoms with E-state index >= 15 is 0 Å². The molecule has 2 rings (SSSR count). The Bertz CT molecular complexity index is 460. The van der Waals surface area contributed by atoms with Gasteiger partial charge in [-0.05, 0) is 43.4 Å². The number of hydrogen-bond donors (Lipinski definition) is 1. The maximum absolute atomic E-state index is 12.0. The SMILES string of the molecule is COc1cc(Br)ccc1C(=O)NCCCOCC1CC1. The fourth-order valence-electron chi connectivity index (χ4n) is 1.86. The van der Waals surface area contributed by atoms with Gasteiger partial charge in [0.2, 0.25) is 0 Å². The summed E-state index contributed by atoms with van der Waals surface area (Å²) in [6.07, 6.45) is 3.44. The zero-order valence-electron chi connectivity index (χ0n) is 11.7. The maximum Gasteiger partial charge on any atom is 0.255 e. The summed E-state index contributed by atoms with van der Waals surface area (Å²) in [5.74, 6) is 1.25. The van der Waals surface area contributed by atoms with Gasteiger partial charge >= 0.3 is 0 Å². The highest BCUT2D eigenvalue weighted by Crippen LogP contribution is 2.28. The zero-order chi connectivity index (χ0) is 14.4. The first-order valence-electron chi connectivity index (χ1n) is 6.90. The van der Waals surface area contributed by atoms with Crippen molar-refractivity contribution in [2.45, 2.75) is 19.3 Å². The summed E-state index contributed by atoms with van der Waals surface area (Å²) in [4.78, 5) is 12.0. The van der Waals surface area contributed by atoms with Gasteiger partial charge in [-0.15, -0.1) is 0 Å². The van der Waals surface area contributed by atoms with Gasteiger partial charge in [0.15, 0.2) is 0 Å². The Balaban J connectivity index is 1.70. The highest BCUT2D eigenvalue weighted by Gasteiger charge is 2.20. The summed E-state index contributed by atoms with van der Waals surface area (Å²) in [6.45, 7) is 2.19. The Morgan fingerprint density at radius 2 is 2.25 bits per heavy atom. The van der Waals surface area contributed by atoms with E-state index in [9.17, 15) is 4.79 Å². The van der Waals surface area contributed by atoms with Crippen molar-refractivity contribution in [2.24, 2.45) is 5.92 Å². The molecular formula is C15H20BrNO3. The van der Waals surface area contributed by atoms with Crippen LogP contribution in [0.4, 0.5) is 0 Å². The second-order valence-electron chi connectivity index (χ2n) is 4.97. The minimum Gasteiger partial charge on any atom is -0.496 e. The molecule has 0 aromatic heterocycles. The summed E-state index contributed by atoms with van der Waals surface area (Å²) >= 11 is 3.36. The van der Waals surface area contributed by atoms with Gasteiger partial charge in [-0.2, -0.15) is 0 Å². The predicted octanol–water partition coefficient (Wildman–Crippen LogP) is 3.00. The monoisotopic (exact) mass is 341 g/mol. The van der Waals surface area contributed by atoms with E-state index in [1.54, 1.807) is 19.2 Å². The Kier molecular flexibility index (Phi) is 5.86. The number of amides is 1. The van der Waals surface area contributed by atoms with Gasteiger partial charge in [0.05, 0.1) is 12.7 Å². The standard InChI is InChI=1S/C15H20BrNO3/c1-19-14-9-12(16)5-6-13(14)15(18)17-7-2-8-20-10-11-3-4-11/h5-6,9,11H,2-4,7-8,10H2,1H3,(H,17,18). The fourth-order valence-corrected chi connectivity index (χ4v) is 2.20. The van der Waals surface area contributed by atoms with Gasteiger partial charge in [-0.1, -0.05) is 15.9 Å². The molecule has 0 bridgehead atoms. The normalized spacial score (nSPS) is 14.1. The molecule has 110 valence electrons. The molecule has 0 aliphatic heterocycles. The van der Waals surface area contributed by atoms with Crippen LogP contribution in [0.15, 0.2) is 22.7 Å². The number of nitrogens with one attached hydrogen (secondary N) is 1. The molecular weight excluding hydrogens is 322 g/mol. The number of carbonyl (C=O) groups is 1. The van der Waals surface area contributed by atoms with E-state index in [2.05, 4.69) is 21.2 Å². The number of halogens is 1. The summed E-state index contributed by atoms with van der Waals surface area (Å²) in [5.41, 5.74) is 0.551. The number of methoxy groups -OCH3 is 1. The highest BCUT2D eigenvalue weighted by molar-refractivity contribution is 9.10. The summed E-state index contributed by atoms with van der Waals surface area (Å²) in [6, 6.07) is 5.37. The van der Waals surface area contributed by atoms with Crippen molar-refractivity contribution in [3.8, 4) is 5.75 Å². The van der Waals surface area contributed by atoms with Crippen molar-refractivity contribution in [1.82, 2.24) is 5.32 Å². The third-order valence-corrected chi connectivity index (χ3v) is 3.70. The van der Waals surface area contributed by atoms with Gasteiger partial charge in [0.1, 0.15) is 5.75 Å². The molecule has 0 unspecified atom stereocenters. The van der Waals surface area contributed by atoms with Crippen LogP contribution in [0.2, 0.25) is 0 Å². The Labute approximate surface area is 128 Å². The zero-order valence-corrected chi connectivity index (χ0v) is 13.2. The van der Waals surface area contributed by atoms with Crippen LogP contribution < -0.4 is 10.1 Å². The molecule has 1 saturated carbocycles. The molecule has 5 heteroatoms. The molecule has 0 atom stereocenters. The van der Waals surface area contributed by atoms with Gasteiger partial charge in [-0.25, -0.2) is 0 Å². The van der Waals surface area contributed by atoms with Crippen LogP contribution in [0.3, 0.4) is 0 Å². The lowest BCUT2D eigenvalue weighted by molar-refractivity contribution is 0.0934. The first-order valence-corrected chi connectivity index (χ1v) is 7.69. The first-order chi connectivity index (χ1) is 9.70. The largest absolute Gasteiger partial charge is 0.496 e. The van der Waals surface area contributed by atoms with Crippen LogP contribution in [0.1, 0.15) is 29.6 Å². The number of benzene rings is 1. The quantitative estimate of drug-likeness (QED) is 0.739. The fraction of sp³-hybridized carbons (Fsp3) is 0.533. The highest BCUT2D eigenvalue weighted by atomic mass is 79.9. The van der Waals surface area contributed by atoms with Gasteiger partial charge in [0.25, 0.3) is 5.91 Å².